The van der Waals surface area contributed by atoms with Gasteiger partial charge in [-0.25, -0.2) is 4.98 Å². The van der Waals surface area contributed by atoms with Crippen LogP contribution in [0.4, 0.5) is 0 Å². The Bertz CT molecular complexity index is 386. The Kier molecular flexibility index (Phi) is 3.32. The van der Waals surface area contributed by atoms with E-state index in [4.69, 9.17) is 11.6 Å². The van der Waals surface area contributed by atoms with E-state index in [0.717, 1.165) is 32.1 Å². The van der Waals surface area contributed by atoms with Gasteiger partial charge in [0, 0.05) is 44.0 Å². The monoisotopic (exact) mass is 251 g/mol. The summed E-state index contributed by atoms with van der Waals surface area (Å²) in [5, 5.41) is 4.09. The zero-order valence-corrected chi connectivity index (χ0v) is 10.7. The number of rotatable bonds is 3. The summed E-state index contributed by atoms with van der Waals surface area (Å²) in [6.07, 6.45) is 4.44. The van der Waals surface area contributed by atoms with Crippen LogP contribution in [0.1, 0.15) is 24.4 Å². The maximum atomic E-state index is 6.26. The van der Waals surface area contributed by atoms with Gasteiger partial charge in [0.15, 0.2) is 0 Å². The van der Waals surface area contributed by atoms with Crippen molar-refractivity contribution in [3.63, 3.8) is 0 Å². The summed E-state index contributed by atoms with van der Waals surface area (Å²) in [6.45, 7) is 4.40. The standard InChI is InChI=1S/C13H18ClN3/c14-13-11(2-1-5-16-13)12(10-3-4-10)17-8-6-15-7-9-17/h1-2,5,10,12,15H,3-4,6-9H2/t12-/m1/s1. The predicted molar refractivity (Wildman–Crippen MR) is 69.2 cm³/mol. The van der Waals surface area contributed by atoms with Crippen LogP contribution in [0.5, 0.6) is 0 Å². The number of nitrogens with zero attached hydrogens (tertiary/aromatic N) is 2. The van der Waals surface area contributed by atoms with Crippen molar-refractivity contribution in [1.29, 1.82) is 0 Å². The molecule has 3 nitrogen and oxygen atoms in total. The van der Waals surface area contributed by atoms with Crippen LogP contribution in [0.25, 0.3) is 0 Å². The van der Waals surface area contributed by atoms with E-state index in [2.05, 4.69) is 21.3 Å². The smallest absolute Gasteiger partial charge is 0.133 e. The molecule has 1 saturated heterocycles. The van der Waals surface area contributed by atoms with Crippen LogP contribution in [0.15, 0.2) is 18.3 Å². The molecule has 1 aromatic rings. The first kappa shape index (κ1) is 11.5. The average molecular weight is 252 g/mol. The second-order valence-corrected chi connectivity index (χ2v) is 5.31. The Morgan fingerprint density at radius 2 is 2.12 bits per heavy atom. The molecule has 1 aromatic heterocycles. The highest BCUT2D eigenvalue weighted by molar-refractivity contribution is 6.30. The van der Waals surface area contributed by atoms with Gasteiger partial charge in [-0.1, -0.05) is 17.7 Å². The number of hydrogen-bond acceptors (Lipinski definition) is 3. The molecule has 1 aliphatic heterocycles. The molecule has 1 saturated carbocycles. The Balaban J connectivity index is 1.86. The number of aromatic nitrogens is 1. The molecule has 0 amide bonds. The zero-order chi connectivity index (χ0) is 11.7. The van der Waals surface area contributed by atoms with E-state index in [-0.39, 0.29) is 0 Å². The fourth-order valence-corrected chi connectivity index (χ4v) is 2.97. The minimum absolute atomic E-state index is 0.485. The summed E-state index contributed by atoms with van der Waals surface area (Å²) in [4.78, 5) is 6.79. The number of halogens is 1. The van der Waals surface area contributed by atoms with Crippen molar-refractivity contribution in [2.75, 3.05) is 26.2 Å². The molecule has 1 aliphatic carbocycles. The third kappa shape index (κ3) is 2.46. The molecule has 0 radical (unpaired) electrons. The highest BCUT2D eigenvalue weighted by Crippen LogP contribution is 2.45. The molecule has 2 heterocycles. The van der Waals surface area contributed by atoms with E-state index in [1.807, 2.05) is 6.07 Å². The second kappa shape index (κ2) is 4.92. The quantitative estimate of drug-likeness (QED) is 0.834. The lowest BCUT2D eigenvalue weighted by Crippen LogP contribution is -2.45. The molecule has 0 spiro atoms. The summed E-state index contributed by atoms with van der Waals surface area (Å²) in [6, 6.07) is 4.62. The van der Waals surface area contributed by atoms with Gasteiger partial charge in [-0.05, 0) is 24.8 Å². The first-order valence-electron chi connectivity index (χ1n) is 6.41. The molecule has 0 aromatic carbocycles. The normalized spacial score (nSPS) is 23.6. The van der Waals surface area contributed by atoms with Gasteiger partial charge in [-0.15, -0.1) is 0 Å². The van der Waals surface area contributed by atoms with Gasteiger partial charge in [0.2, 0.25) is 0 Å². The molecule has 92 valence electrons. The SMILES string of the molecule is Clc1ncccc1[C@@H](C1CC1)N1CCNCC1. The maximum Gasteiger partial charge on any atom is 0.133 e. The van der Waals surface area contributed by atoms with Gasteiger partial charge < -0.3 is 5.32 Å². The Morgan fingerprint density at radius 3 is 2.76 bits per heavy atom. The molecule has 4 heteroatoms. The van der Waals surface area contributed by atoms with Crippen molar-refractivity contribution >= 4 is 11.6 Å². The first-order chi connectivity index (χ1) is 8.36. The number of pyridine rings is 1. The lowest BCUT2D eigenvalue weighted by Gasteiger charge is -2.35. The number of piperazine rings is 1. The van der Waals surface area contributed by atoms with Crippen molar-refractivity contribution in [2.45, 2.75) is 18.9 Å². The summed E-state index contributed by atoms with van der Waals surface area (Å²) < 4.78 is 0. The van der Waals surface area contributed by atoms with Gasteiger partial charge in [0.1, 0.15) is 5.15 Å². The van der Waals surface area contributed by atoms with Crippen molar-refractivity contribution in [3.8, 4) is 0 Å². The first-order valence-corrected chi connectivity index (χ1v) is 6.79. The van der Waals surface area contributed by atoms with Crippen LogP contribution in [-0.4, -0.2) is 36.1 Å². The largest absolute Gasteiger partial charge is 0.314 e. The number of nitrogens with one attached hydrogen (secondary N) is 1. The molecule has 17 heavy (non-hydrogen) atoms. The second-order valence-electron chi connectivity index (χ2n) is 4.95. The van der Waals surface area contributed by atoms with E-state index in [1.165, 1.54) is 18.4 Å². The Hall–Kier alpha value is -0.640. The third-order valence-corrected chi connectivity index (χ3v) is 4.04. The van der Waals surface area contributed by atoms with Crippen LogP contribution >= 0.6 is 11.6 Å². The summed E-state index contributed by atoms with van der Waals surface area (Å²) in [5.41, 5.74) is 1.22. The van der Waals surface area contributed by atoms with Gasteiger partial charge in [0.25, 0.3) is 0 Å². The Labute approximate surface area is 107 Å². The zero-order valence-electron chi connectivity index (χ0n) is 9.90. The third-order valence-electron chi connectivity index (χ3n) is 3.72. The fourth-order valence-electron chi connectivity index (χ4n) is 2.74. The maximum absolute atomic E-state index is 6.26. The summed E-state index contributed by atoms with van der Waals surface area (Å²) >= 11 is 6.26. The fraction of sp³-hybridized carbons (Fsp3) is 0.615. The molecule has 3 rings (SSSR count). The van der Waals surface area contributed by atoms with E-state index in [0.29, 0.717) is 11.2 Å². The highest BCUT2D eigenvalue weighted by Gasteiger charge is 2.37. The van der Waals surface area contributed by atoms with Crippen molar-refractivity contribution in [3.05, 3.63) is 29.0 Å². The van der Waals surface area contributed by atoms with Crippen LogP contribution in [0.3, 0.4) is 0 Å². The minimum atomic E-state index is 0.485. The molecular weight excluding hydrogens is 234 g/mol. The van der Waals surface area contributed by atoms with Crippen molar-refractivity contribution in [2.24, 2.45) is 5.92 Å². The van der Waals surface area contributed by atoms with E-state index in [1.54, 1.807) is 6.20 Å². The van der Waals surface area contributed by atoms with Gasteiger partial charge in [-0.2, -0.15) is 0 Å². The van der Waals surface area contributed by atoms with E-state index >= 15 is 0 Å². The summed E-state index contributed by atoms with van der Waals surface area (Å²) in [5.74, 6) is 0.787. The van der Waals surface area contributed by atoms with Gasteiger partial charge in [0.05, 0.1) is 0 Å². The van der Waals surface area contributed by atoms with Crippen LogP contribution in [-0.2, 0) is 0 Å². The lowest BCUT2D eigenvalue weighted by molar-refractivity contribution is 0.156. The topological polar surface area (TPSA) is 28.2 Å². The summed E-state index contributed by atoms with van der Waals surface area (Å²) in [7, 11) is 0. The highest BCUT2D eigenvalue weighted by atomic mass is 35.5. The average Bonchev–Trinajstić information content (AvgIpc) is 3.18. The minimum Gasteiger partial charge on any atom is -0.314 e. The molecular formula is C13H18ClN3. The van der Waals surface area contributed by atoms with Crippen LogP contribution in [0.2, 0.25) is 5.15 Å². The van der Waals surface area contributed by atoms with Crippen molar-refractivity contribution in [1.82, 2.24) is 15.2 Å². The van der Waals surface area contributed by atoms with Gasteiger partial charge >= 0.3 is 0 Å². The van der Waals surface area contributed by atoms with E-state index in [9.17, 15) is 0 Å². The predicted octanol–water partition coefficient (Wildman–Crippen LogP) is 2.09. The van der Waals surface area contributed by atoms with Crippen LogP contribution < -0.4 is 5.32 Å². The van der Waals surface area contributed by atoms with E-state index < -0.39 is 0 Å². The molecule has 0 unspecified atom stereocenters. The van der Waals surface area contributed by atoms with Crippen molar-refractivity contribution < 1.29 is 0 Å². The molecule has 1 N–H and O–H groups in total. The molecule has 2 aliphatic rings. The Morgan fingerprint density at radius 1 is 1.35 bits per heavy atom. The molecule has 2 fully saturated rings. The van der Waals surface area contributed by atoms with Gasteiger partial charge in [-0.3, -0.25) is 4.90 Å². The lowest BCUT2D eigenvalue weighted by atomic mass is 10.0. The molecule has 0 bridgehead atoms. The number of hydrogen-bond donors (Lipinski definition) is 1. The molecule has 1 atom stereocenters. The van der Waals surface area contributed by atoms with Crippen LogP contribution in [0, 0.1) is 5.92 Å².